The standard InChI is InChI=1S/C25H18Cl2N4O2/c26-21-10-8-16(12-22(21)27)14-28-25(32)30(19-9-11-23-18(13-19)15-29-31(23)33)24-7-3-5-17-4-1-2-6-20(17)24/h1-13,15,33H,14H2,(H,28,32). The molecular weight excluding hydrogens is 459 g/mol. The van der Waals surface area contributed by atoms with Crippen molar-refractivity contribution in [2.75, 3.05) is 4.90 Å². The van der Waals surface area contributed by atoms with Gasteiger partial charge in [0.2, 0.25) is 0 Å². The third-order valence-corrected chi connectivity index (χ3v) is 6.17. The Morgan fingerprint density at radius 3 is 2.61 bits per heavy atom. The number of anilines is 2. The van der Waals surface area contributed by atoms with Crippen LogP contribution in [0.3, 0.4) is 0 Å². The molecule has 4 aromatic carbocycles. The van der Waals surface area contributed by atoms with E-state index in [1.807, 2.05) is 54.6 Å². The van der Waals surface area contributed by atoms with Crippen molar-refractivity contribution in [2.45, 2.75) is 6.54 Å². The van der Waals surface area contributed by atoms with E-state index in [-0.39, 0.29) is 12.6 Å². The van der Waals surface area contributed by atoms with E-state index in [0.29, 0.717) is 26.6 Å². The van der Waals surface area contributed by atoms with E-state index in [2.05, 4.69) is 10.4 Å². The van der Waals surface area contributed by atoms with Crippen molar-refractivity contribution in [3.63, 3.8) is 0 Å². The summed E-state index contributed by atoms with van der Waals surface area (Å²) in [6.45, 7) is 0.272. The molecule has 0 saturated carbocycles. The summed E-state index contributed by atoms with van der Waals surface area (Å²) in [5.74, 6) is 0. The molecule has 0 aliphatic heterocycles. The summed E-state index contributed by atoms with van der Waals surface area (Å²) in [6, 6.07) is 24.0. The molecule has 2 N–H and O–H groups in total. The van der Waals surface area contributed by atoms with Crippen molar-refractivity contribution < 1.29 is 10.0 Å². The normalized spacial score (nSPS) is 11.1. The summed E-state index contributed by atoms with van der Waals surface area (Å²) < 4.78 is 0. The van der Waals surface area contributed by atoms with Gasteiger partial charge in [-0.25, -0.2) is 4.79 Å². The molecule has 1 aromatic heterocycles. The average Bonchev–Trinajstić information content (AvgIpc) is 3.20. The van der Waals surface area contributed by atoms with Crippen LogP contribution in [0.2, 0.25) is 10.0 Å². The molecule has 0 aliphatic rings. The topological polar surface area (TPSA) is 70.4 Å². The van der Waals surface area contributed by atoms with Crippen LogP contribution in [0.25, 0.3) is 21.7 Å². The lowest BCUT2D eigenvalue weighted by atomic mass is 10.1. The Morgan fingerprint density at radius 2 is 1.76 bits per heavy atom. The van der Waals surface area contributed by atoms with Gasteiger partial charge in [0.25, 0.3) is 0 Å². The van der Waals surface area contributed by atoms with Crippen molar-refractivity contribution in [1.82, 2.24) is 15.3 Å². The molecule has 164 valence electrons. The van der Waals surface area contributed by atoms with Gasteiger partial charge in [0, 0.05) is 17.3 Å². The first-order valence-corrected chi connectivity index (χ1v) is 10.9. The maximum Gasteiger partial charge on any atom is 0.326 e. The predicted octanol–water partition coefficient (Wildman–Crippen LogP) is 6.78. The smallest absolute Gasteiger partial charge is 0.326 e. The third kappa shape index (κ3) is 4.06. The molecular formula is C25H18Cl2N4O2. The predicted molar refractivity (Wildman–Crippen MR) is 132 cm³/mol. The Kier molecular flexibility index (Phi) is 5.54. The highest BCUT2D eigenvalue weighted by atomic mass is 35.5. The van der Waals surface area contributed by atoms with Gasteiger partial charge in [-0.1, -0.05) is 65.7 Å². The number of amides is 2. The number of halogens is 2. The maximum absolute atomic E-state index is 13.5. The lowest BCUT2D eigenvalue weighted by molar-refractivity contribution is 0.161. The minimum Gasteiger partial charge on any atom is -0.411 e. The minimum absolute atomic E-state index is 0.272. The van der Waals surface area contributed by atoms with Crippen molar-refractivity contribution in [3.05, 3.63) is 101 Å². The van der Waals surface area contributed by atoms with Gasteiger partial charge in [-0.3, -0.25) is 4.90 Å². The zero-order valence-electron chi connectivity index (χ0n) is 17.2. The van der Waals surface area contributed by atoms with Crippen LogP contribution in [0.15, 0.2) is 85.1 Å². The molecule has 0 radical (unpaired) electrons. The van der Waals surface area contributed by atoms with Crippen LogP contribution in [0.4, 0.5) is 16.2 Å². The molecule has 5 rings (SSSR count). The number of rotatable bonds is 4. The highest BCUT2D eigenvalue weighted by Gasteiger charge is 2.21. The lowest BCUT2D eigenvalue weighted by Crippen LogP contribution is -2.36. The highest BCUT2D eigenvalue weighted by Crippen LogP contribution is 2.34. The van der Waals surface area contributed by atoms with Crippen molar-refractivity contribution in [1.29, 1.82) is 0 Å². The molecule has 1 heterocycles. The van der Waals surface area contributed by atoms with Gasteiger partial charge >= 0.3 is 6.03 Å². The second kappa shape index (κ2) is 8.65. The summed E-state index contributed by atoms with van der Waals surface area (Å²) in [4.78, 5) is 16.0. The second-order valence-corrected chi connectivity index (χ2v) is 8.33. The zero-order valence-corrected chi connectivity index (χ0v) is 18.8. The van der Waals surface area contributed by atoms with Gasteiger partial charge in [-0.05, 0) is 47.3 Å². The number of hydrogen-bond donors (Lipinski definition) is 2. The molecule has 5 aromatic rings. The Labute approximate surface area is 199 Å². The first kappa shape index (κ1) is 21.1. The highest BCUT2D eigenvalue weighted by molar-refractivity contribution is 6.42. The third-order valence-electron chi connectivity index (χ3n) is 5.43. The molecule has 0 bridgehead atoms. The number of benzene rings is 4. The number of carbonyl (C=O) groups excluding carboxylic acids is 1. The van der Waals surface area contributed by atoms with Crippen LogP contribution in [-0.2, 0) is 6.54 Å². The van der Waals surface area contributed by atoms with E-state index >= 15 is 0 Å². The Morgan fingerprint density at radius 1 is 0.939 bits per heavy atom. The number of nitrogens with zero attached hydrogens (tertiary/aromatic N) is 3. The summed E-state index contributed by atoms with van der Waals surface area (Å²) in [5.41, 5.74) is 2.74. The minimum atomic E-state index is -0.312. The van der Waals surface area contributed by atoms with Crippen molar-refractivity contribution >= 4 is 62.3 Å². The zero-order chi connectivity index (χ0) is 22.9. The molecule has 0 aliphatic carbocycles. The van der Waals surface area contributed by atoms with Gasteiger partial charge in [0.05, 0.1) is 27.6 Å². The molecule has 33 heavy (non-hydrogen) atoms. The van der Waals surface area contributed by atoms with E-state index in [9.17, 15) is 10.0 Å². The van der Waals surface area contributed by atoms with Gasteiger partial charge in [-0.2, -0.15) is 0 Å². The SMILES string of the molecule is O=C(NCc1ccc(Cl)c(Cl)c1)N(c1ccc2c(cnn2O)c1)c1cccc2ccccc12. The molecule has 8 heteroatoms. The number of urea groups is 1. The molecule has 6 nitrogen and oxygen atoms in total. The monoisotopic (exact) mass is 476 g/mol. The first-order valence-electron chi connectivity index (χ1n) is 10.2. The molecule has 2 amide bonds. The van der Waals surface area contributed by atoms with E-state index in [1.165, 1.54) is 0 Å². The quantitative estimate of drug-likeness (QED) is 0.280. The largest absolute Gasteiger partial charge is 0.411 e. The fourth-order valence-electron chi connectivity index (χ4n) is 3.82. The maximum atomic E-state index is 13.5. The van der Waals surface area contributed by atoms with Gasteiger partial charge in [-0.15, -0.1) is 9.94 Å². The Hall–Kier alpha value is -3.74. The van der Waals surface area contributed by atoms with Crippen LogP contribution >= 0.6 is 23.2 Å². The van der Waals surface area contributed by atoms with E-state index in [0.717, 1.165) is 26.9 Å². The van der Waals surface area contributed by atoms with E-state index < -0.39 is 0 Å². The van der Waals surface area contributed by atoms with Crippen LogP contribution in [0, 0.1) is 0 Å². The molecule has 0 saturated heterocycles. The molecule has 0 unspecified atom stereocenters. The molecule has 0 spiro atoms. The van der Waals surface area contributed by atoms with Crippen LogP contribution in [0.1, 0.15) is 5.56 Å². The molecule has 0 fully saturated rings. The van der Waals surface area contributed by atoms with Crippen LogP contribution < -0.4 is 10.2 Å². The summed E-state index contributed by atoms with van der Waals surface area (Å²) in [6.07, 6.45) is 1.55. The van der Waals surface area contributed by atoms with Gasteiger partial charge in [0.1, 0.15) is 5.52 Å². The number of hydrogen-bond acceptors (Lipinski definition) is 3. The number of carbonyl (C=O) groups is 1. The molecule has 0 atom stereocenters. The summed E-state index contributed by atoms with van der Waals surface area (Å²) in [5, 5.41) is 20.3. The average molecular weight is 477 g/mol. The fourth-order valence-corrected chi connectivity index (χ4v) is 4.14. The van der Waals surface area contributed by atoms with Crippen LogP contribution in [0.5, 0.6) is 0 Å². The van der Waals surface area contributed by atoms with E-state index in [4.69, 9.17) is 23.2 Å². The number of nitrogens with one attached hydrogen (secondary N) is 1. The Balaban J connectivity index is 1.56. The van der Waals surface area contributed by atoms with Gasteiger partial charge in [0.15, 0.2) is 0 Å². The summed E-state index contributed by atoms with van der Waals surface area (Å²) in [7, 11) is 0. The van der Waals surface area contributed by atoms with Crippen molar-refractivity contribution in [3.8, 4) is 0 Å². The number of aromatic nitrogens is 2. The van der Waals surface area contributed by atoms with Crippen LogP contribution in [-0.4, -0.2) is 21.2 Å². The Bertz CT molecular complexity index is 1490. The summed E-state index contributed by atoms with van der Waals surface area (Å²) >= 11 is 12.1. The van der Waals surface area contributed by atoms with Gasteiger partial charge < -0.3 is 10.5 Å². The first-order chi connectivity index (χ1) is 16.0. The lowest BCUT2D eigenvalue weighted by Gasteiger charge is -2.25. The van der Waals surface area contributed by atoms with Crippen molar-refractivity contribution in [2.24, 2.45) is 0 Å². The fraction of sp³-hybridized carbons (Fsp3) is 0.0400. The van der Waals surface area contributed by atoms with E-state index in [1.54, 1.807) is 35.4 Å². The number of fused-ring (bicyclic) bond motifs is 2. The second-order valence-electron chi connectivity index (χ2n) is 7.52.